The van der Waals surface area contributed by atoms with E-state index in [9.17, 15) is 4.79 Å². The van der Waals surface area contributed by atoms with E-state index in [2.05, 4.69) is 20.8 Å². The van der Waals surface area contributed by atoms with E-state index in [0.29, 0.717) is 12.5 Å². The molecule has 0 saturated carbocycles. The predicted octanol–water partition coefficient (Wildman–Crippen LogP) is 2.94. The third-order valence-electron chi connectivity index (χ3n) is 3.30. The highest BCUT2D eigenvalue weighted by Crippen LogP contribution is 2.38. The number of carbonyl (C=O) groups excluding carboxylic acids is 1. The number of methoxy groups -OCH3 is 1. The molecule has 1 aromatic rings. The molecule has 0 aromatic heterocycles. The number of carboxylic acids is 1. The summed E-state index contributed by atoms with van der Waals surface area (Å²) in [6.07, 6.45) is 0.648. The Balaban J connectivity index is 0.000000491. The van der Waals surface area contributed by atoms with Crippen LogP contribution in [0.2, 0.25) is 0 Å². The Morgan fingerprint density at radius 1 is 1.29 bits per heavy atom. The van der Waals surface area contributed by atoms with Gasteiger partial charge in [0.15, 0.2) is 0 Å². The maximum absolute atomic E-state index is 11.7. The van der Waals surface area contributed by atoms with Crippen LogP contribution in [0.3, 0.4) is 0 Å². The lowest BCUT2D eigenvalue weighted by atomic mass is 9.78. The first-order valence-electron chi connectivity index (χ1n) is 6.82. The monoisotopic (exact) mass is 293 g/mol. The lowest BCUT2D eigenvalue weighted by Crippen LogP contribution is -2.58. The third-order valence-corrected chi connectivity index (χ3v) is 3.30. The highest BCUT2D eigenvalue weighted by Gasteiger charge is 2.44. The summed E-state index contributed by atoms with van der Waals surface area (Å²) in [4.78, 5) is 22.6. The van der Waals surface area contributed by atoms with Crippen LogP contribution in [0.1, 0.15) is 34.1 Å². The molecule has 21 heavy (non-hydrogen) atoms. The molecule has 5 nitrogen and oxygen atoms in total. The van der Waals surface area contributed by atoms with Gasteiger partial charge in [-0.15, -0.1) is 0 Å². The first-order valence-corrected chi connectivity index (χ1v) is 6.82. The maximum Gasteiger partial charge on any atom is 0.300 e. The van der Waals surface area contributed by atoms with Gasteiger partial charge in [-0.3, -0.25) is 9.59 Å². The van der Waals surface area contributed by atoms with E-state index in [1.54, 1.807) is 7.11 Å². The van der Waals surface area contributed by atoms with Gasteiger partial charge in [0.2, 0.25) is 5.91 Å². The largest absolute Gasteiger partial charge is 0.497 e. The summed E-state index contributed by atoms with van der Waals surface area (Å²) in [6.45, 7) is 7.59. The number of benzene rings is 1. The molecular formula is C16H23NO4. The fourth-order valence-electron chi connectivity index (χ4n) is 2.18. The minimum absolute atomic E-state index is 0.119. The van der Waals surface area contributed by atoms with Gasteiger partial charge in [0.05, 0.1) is 13.2 Å². The molecule has 116 valence electrons. The topological polar surface area (TPSA) is 66.8 Å². The Morgan fingerprint density at radius 2 is 1.76 bits per heavy atom. The molecule has 0 unspecified atom stereocenters. The van der Waals surface area contributed by atoms with Crippen molar-refractivity contribution in [3.63, 3.8) is 0 Å². The summed E-state index contributed by atoms with van der Waals surface area (Å²) in [5.74, 6) is 0.184. The Labute approximate surface area is 125 Å². The van der Waals surface area contributed by atoms with Crippen molar-refractivity contribution in [2.75, 3.05) is 12.0 Å². The molecule has 1 fully saturated rings. The first-order chi connectivity index (χ1) is 9.66. The van der Waals surface area contributed by atoms with Crippen LogP contribution < -0.4 is 9.64 Å². The van der Waals surface area contributed by atoms with Crippen LogP contribution in [0.25, 0.3) is 0 Å². The van der Waals surface area contributed by atoms with E-state index in [1.165, 1.54) is 0 Å². The van der Waals surface area contributed by atoms with Crippen LogP contribution in [0, 0.1) is 5.41 Å². The molecule has 0 bridgehead atoms. The summed E-state index contributed by atoms with van der Waals surface area (Å²) in [6, 6.07) is 7.95. The lowest BCUT2D eigenvalue weighted by molar-refractivity contribution is -0.134. The van der Waals surface area contributed by atoms with Crippen molar-refractivity contribution in [1.29, 1.82) is 0 Å². The fraction of sp³-hybridized carbons (Fsp3) is 0.500. The number of aliphatic carboxylic acids is 1. The van der Waals surface area contributed by atoms with Crippen molar-refractivity contribution < 1.29 is 19.4 Å². The van der Waals surface area contributed by atoms with E-state index in [-0.39, 0.29) is 11.3 Å². The average molecular weight is 293 g/mol. The third kappa shape index (κ3) is 4.48. The molecule has 0 spiro atoms. The Morgan fingerprint density at radius 3 is 2.10 bits per heavy atom. The summed E-state index contributed by atoms with van der Waals surface area (Å²) >= 11 is 0. The number of hydrogen-bond donors (Lipinski definition) is 1. The highest BCUT2D eigenvalue weighted by molar-refractivity contribution is 6.01. The molecule has 1 aliphatic heterocycles. The van der Waals surface area contributed by atoms with E-state index in [1.807, 2.05) is 29.2 Å². The zero-order valence-corrected chi connectivity index (χ0v) is 13.2. The minimum Gasteiger partial charge on any atom is -0.497 e. The Hall–Kier alpha value is -2.04. The van der Waals surface area contributed by atoms with Crippen LogP contribution in [-0.4, -0.2) is 30.1 Å². The van der Waals surface area contributed by atoms with Gasteiger partial charge >= 0.3 is 0 Å². The van der Waals surface area contributed by atoms with Crippen LogP contribution in [-0.2, 0) is 9.59 Å². The van der Waals surface area contributed by atoms with Crippen molar-refractivity contribution in [2.24, 2.45) is 5.41 Å². The second kappa shape index (κ2) is 6.61. The molecule has 2 rings (SSSR count). The molecule has 1 aromatic carbocycles. The number of carboxylic acid groups (broad SMARTS) is 1. The van der Waals surface area contributed by atoms with Crippen molar-refractivity contribution in [3.8, 4) is 5.75 Å². The van der Waals surface area contributed by atoms with Gasteiger partial charge in [-0.2, -0.15) is 0 Å². The van der Waals surface area contributed by atoms with E-state index in [4.69, 9.17) is 14.6 Å². The predicted molar refractivity (Wildman–Crippen MR) is 81.6 cm³/mol. The Bertz CT molecular complexity index is 498. The number of β-lactam (4-membered cyclic amide) rings is 1. The van der Waals surface area contributed by atoms with Gasteiger partial charge in [0.25, 0.3) is 5.97 Å². The maximum atomic E-state index is 11.7. The van der Waals surface area contributed by atoms with E-state index in [0.717, 1.165) is 18.4 Å². The zero-order valence-electron chi connectivity index (χ0n) is 13.2. The van der Waals surface area contributed by atoms with E-state index >= 15 is 0 Å². The molecule has 1 saturated heterocycles. The number of ether oxygens (including phenoxy) is 1. The molecule has 0 radical (unpaired) electrons. The van der Waals surface area contributed by atoms with Gasteiger partial charge < -0.3 is 14.7 Å². The molecule has 1 heterocycles. The van der Waals surface area contributed by atoms with Gasteiger partial charge in [-0.25, -0.2) is 0 Å². The number of anilines is 1. The molecule has 1 atom stereocenters. The number of nitrogens with zero attached hydrogens (tertiary/aromatic N) is 1. The average Bonchev–Trinajstić information content (AvgIpc) is 2.35. The van der Waals surface area contributed by atoms with Gasteiger partial charge in [0, 0.05) is 19.0 Å². The number of carbonyl (C=O) groups is 2. The normalized spacial score (nSPS) is 17.5. The quantitative estimate of drug-likeness (QED) is 0.851. The van der Waals surface area contributed by atoms with Crippen molar-refractivity contribution in [1.82, 2.24) is 0 Å². The summed E-state index contributed by atoms with van der Waals surface area (Å²) in [7, 11) is 1.64. The minimum atomic E-state index is -0.833. The van der Waals surface area contributed by atoms with Gasteiger partial charge in [0.1, 0.15) is 5.75 Å². The van der Waals surface area contributed by atoms with Crippen LogP contribution >= 0.6 is 0 Å². The summed E-state index contributed by atoms with van der Waals surface area (Å²) in [5, 5.41) is 7.42. The molecular weight excluding hydrogens is 270 g/mol. The number of rotatable bonds is 2. The second-order valence-electron chi connectivity index (χ2n) is 6.07. The Kier molecular flexibility index (Phi) is 5.35. The molecule has 1 N–H and O–H groups in total. The molecule has 1 aliphatic rings. The fourth-order valence-corrected chi connectivity index (χ4v) is 2.18. The van der Waals surface area contributed by atoms with Crippen LogP contribution in [0.5, 0.6) is 5.75 Å². The number of hydrogen-bond acceptors (Lipinski definition) is 3. The van der Waals surface area contributed by atoms with Crippen molar-refractivity contribution in [2.45, 2.75) is 40.2 Å². The number of amides is 1. The smallest absolute Gasteiger partial charge is 0.300 e. The van der Waals surface area contributed by atoms with Gasteiger partial charge in [-0.05, 0) is 29.7 Å². The lowest BCUT2D eigenvalue weighted by Gasteiger charge is -2.47. The summed E-state index contributed by atoms with van der Waals surface area (Å²) < 4.78 is 5.12. The standard InChI is InChI=1S/C14H19NO2.C2H4O2/c1-14(2,3)12-9-13(16)15(12)10-5-7-11(17-4)8-6-10;1-2(3)4/h5-8,12H,9H2,1-4H3;1H3,(H,3,4)/t12-;/m1./s1. The SMILES string of the molecule is CC(=O)O.COc1ccc(N2C(=O)C[C@@H]2C(C)(C)C)cc1. The van der Waals surface area contributed by atoms with Crippen molar-refractivity contribution >= 4 is 17.6 Å². The molecule has 0 aliphatic carbocycles. The molecule has 1 amide bonds. The van der Waals surface area contributed by atoms with E-state index < -0.39 is 5.97 Å². The summed E-state index contributed by atoms with van der Waals surface area (Å²) in [5.41, 5.74) is 1.08. The highest BCUT2D eigenvalue weighted by atomic mass is 16.5. The van der Waals surface area contributed by atoms with Crippen LogP contribution in [0.15, 0.2) is 24.3 Å². The van der Waals surface area contributed by atoms with Crippen molar-refractivity contribution in [3.05, 3.63) is 24.3 Å². The van der Waals surface area contributed by atoms with Gasteiger partial charge in [-0.1, -0.05) is 20.8 Å². The molecule has 5 heteroatoms. The first kappa shape index (κ1) is 17.0. The second-order valence-corrected chi connectivity index (χ2v) is 6.07. The van der Waals surface area contributed by atoms with Crippen LogP contribution in [0.4, 0.5) is 5.69 Å². The zero-order chi connectivity index (χ0) is 16.2.